The predicted octanol–water partition coefficient (Wildman–Crippen LogP) is 20.4. The van der Waals surface area contributed by atoms with Crippen LogP contribution in [0.4, 0.5) is 34.1 Å². The monoisotopic (exact) mass is 990 g/mol. The van der Waals surface area contributed by atoms with Crippen LogP contribution in [-0.4, -0.2) is 9.13 Å². The molecule has 4 nitrogen and oxygen atoms in total. The van der Waals surface area contributed by atoms with Gasteiger partial charge in [-0.05, 0) is 132 Å². The van der Waals surface area contributed by atoms with E-state index >= 15 is 0 Å². The van der Waals surface area contributed by atoms with Crippen LogP contribution in [0.25, 0.3) is 92.2 Å². The average Bonchev–Trinajstić information content (AvgIpc) is 4.20. The number of anilines is 6. The standard InChI is InChI=1S/C71H50N4S/c1-47-19-18-31-63-61-39-35-56(46-67(61)74(70(47)63)53-25-10-4-11-26-53)73(52-23-8-3-9-24-52)58-42-50(41-57(44-58)72(51-21-6-2-7-22-51)55-36-40-69-65(45-55)62-30-16-17-32-68(62)76-69)49-34-37-60-64-38-33-48-20-14-15-29-59(48)71(64)75(66(60)43-49)54-27-12-5-13-28-54/h2-18,20-47H,19H2,1H3. The molecule has 0 amide bonds. The van der Waals surface area contributed by atoms with Crippen LogP contribution in [0.15, 0.2) is 261 Å². The molecule has 360 valence electrons. The number of nitrogens with zero attached hydrogens (tertiary/aromatic N) is 4. The third kappa shape index (κ3) is 7.19. The van der Waals surface area contributed by atoms with Crippen molar-refractivity contribution in [3.8, 4) is 22.5 Å². The van der Waals surface area contributed by atoms with Crippen molar-refractivity contribution >= 4 is 115 Å². The van der Waals surface area contributed by atoms with E-state index in [9.17, 15) is 0 Å². The van der Waals surface area contributed by atoms with Crippen molar-refractivity contribution in [2.24, 2.45) is 0 Å². The number of rotatable bonds is 9. The van der Waals surface area contributed by atoms with Gasteiger partial charge in [-0.15, -0.1) is 11.3 Å². The van der Waals surface area contributed by atoms with Gasteiger partial charge in [-0.1, -0.05) is 165 Å². The summed E-state index contributed by atoms with van der Waals surface area (Å²) in [6.45, 7) is 2.36. The van der Waals surface area contributed by atoms with Gasteiger partial charge in [0.2, 0.25) is 0 Å². The van der Waals surface area contributed by atoms with Crippen LogP contribution in [0.3, 0.4) is 0 Å². The predicted molar refractivity (Wildman–Crippen MR) is 325 cm³/mol. The molecule has 3 aromatic heterocycles. The van der Waals surface area contributed by atoms with E-state index in [1.807, 2.05) is 11.3 Å². The highest BCUT2D eigenvalue weighted by atomic mass is 32.1. The normalized spacial score (nSPS) is 13.4. The Bertz CT molecular complexity index is 4570. The highest BCUT2D eigenvalue weighted by molar-refractivity contribution is 7.25. The molecule has 0 aliphatic heterocycles. The maximum Gasteiger partial charge on any atom is 0.0619 e. The van der Waals surface area contributed by atoms with Crippen molar-refractivity contribution in [3.63, 3.8) is 0 Å². The van der Waals surface area contributed by atoms with E-state index in [0.717, 1.165) is 62.9 Å². The zero-order chi connectivity index (χ0) is 50.3. The minimum Gasteiger partial charge on any atom is -0.313 e. The molecule has 14 aromatic rings. The van der Waals surface area contributed by atoms with E-state index in [1.54, 1.807) is 0 Å². The van der Waals surface area contributed by atoms with Crippen LogP contribution < -0.4 is 9.80 Å². The molecule has 1 aliphatic carbocycles. The highest BCUT2D eigenvalue weighted by Crippen LogP contribution is 2.48. The first kappa shape index (κ1) is 44.1. The molecule has 0 saturated heterocycles. The molecule has 0 spiro atoms. The maximum absolute atomic E-state index is 2.51. The highest BCUT2D eigenvalue weighted by Gasteiger charge is 2.26. The second-order valence-electron chi connectivity index (χ2n) is 20.2. The first-order chi connectivity index (χ1) is 37.6. The summed E-state index contributed by atoms with van der Waals surface area (Å²) >= 11 is 1.85. The number of thiophene rings is 1. The fourth-order valence-corrected chi connectivity index (χ4v) is 13.3. The minimum atomic E-state index is 0.368. The van der Waals surface area contributed by atoms with Gasteiger partial charge in [-0.25, -0.2) is 0 Å². The Kier molecular flexibility index (Phi) is 10.4. The summed E-state index contributed by atoms with van der Waals surface area (Å²) in [6.07, 6.45) is 5.69. The van der Waals surface area contributed by atoms with Crippen LogP contribution in [0.1, 0.15) is 30.5 Å². The third-order valence-electron chi connectivity index (χ3n) is 15.6. The number of aromatic nitrogens is 2. The molecular formula is C71H50N4S. The van der Waals surface area contributed by atoms with Gasteiger partial charge in [-0.2, -0.15) is 0 Å². The molecule has 5 heteroatoms. The lowest BCUT2D eigenvalue weighted by molar-refractivity contribution is 0.723. The topological polar surface area (TPSA) is 16.3 Å². The lowest BCUT2D eigenvalue weighted by Crippen LogP contribution is -2.14. The molecule has 0 radical (unpaired) electrons. The molecule has 11 aromatic carbocycles. The molecule has 76 heavy (non-hydrogen) atoms. The van der Waals surface area contributed by atoms with Gasteiger partial charge in [-0.3, -0.25) is 0 Å². The second-order valence-corrected chi connectivity index (χ2v) is 21.2. The van der Waals surface area contributed by atoms with E-state index < -0.39 is 0 Å². The Morgan fingerprint density at radius 2 is 0.947 bits per heavy atom. The fraction of sp³-hybridized carbons (Fsp3) is 0.0423. The molecule has 0 N–H and O–H groups in total. The third-order valence-corrected chi connectivity index (χ3v) is 16.8. The summed E-state index contributed by atoms with van der Waals surface area (Å²) in [7, 11) is 0. The van der Waals surface area contributed by atoms with E-state index in [2.05, 4.69) is 293 Å². The Hall–Kier alpha value is -9.42. The van der Waals surface area contributed by atoms with Crippen LogP contribution in [0.2, 0.25) is 0 Å². The molecule has 1 unspecified atom stereocenters. The van der Waals surface area contributed by atoms with Crippen molar-refractivity contribution in [1.29, 1.82) is 0 Å². The summed E-state index contributed by atoms with van der Waals surface area (Å²) in [5.41, 5.74) is 17.2. The van der Waals surface area contributed by atoms with Crippen molar-refractivity contribution in [3.05, 3.63) is 272 Å². The Balaban J connectivity index is 1.01. The average molecular weight is 991 g/mol. The van der Waals surface area contributed by atoms with E-state index in [4.69, 9.17) is 0 Å². The first-order valence-electron chi connectivity index (χ1n) is 26.3. The largest absolute Gasteiger partial charge is 0.313 e. The van der Waals surface area contributed by atoms with Gasteiger partial charge < -0.3 is 18.9 Å². The van der Waals surface area contributed by atoms with Gasteiger partial charge in [0.15, 0.2) is 0 Å². The first-order valence-corrected chi connectivity index (χ1v) is 27.1. The number of allylic oxidation sites excluding steroid dienone is 1. The van der Waals surface area contributed by atoms with Gasteiger partial charge >= 0.3 is 0 Å². The second kappa shape index (κ2) is 17.9. The van der Waals surface area contributed by atoms with Crippen molar-refractivity contribution in [1.82, 2.24) is 9.13 Å². The SMILES string of the molecule is CC1CC=Cc2c1n(-c1ccccc1)c1cc(N(c3ccccc3)c3cc(-c4ccc5c6ccc7ccccc7c6n(-c6ccccc6)c5c4)cc(N(c4ccccc4)c4ccc5sc6ccccc6c5c4)c3)ccc21. The van der Waals surface area contributed by atoms with Crippen LogP contribution in [0, 0.1) is 0 Å². The molecule has 1 aliphatic rings. The van der Waals surface area contributed by atoms with Crippen LogP contribution in [0.5, 0.6) is 0 Å². The van der Waals surface area contributed by atoms with Gasteiger partial charge in [0.05, 0.1) is 16.6 Å². The van der Waals surface area contributed by atoms with Gasteiger partial charge in [0.1, 0.15) is 0 Å². The van der Waals surface area contributed by atoms with Crippen LogP contribution in [-0.2, 0) is 0 Å². The van der Waals surface area contributed by atoms with Gasteiger partial charge in [0.25, 0.3) is 0 Å². The molecule has 3 heterocycles. The van der Waals surface area contributed by atoms with Crippen molar-refractivity contribution in [2.75, 3.05) is 9.80 Å². The molecule has 15 rings (SSSR count). The number of para-hydroxylation sites is 4. The van der Waals surface area contributed by atoms with E-state index in [0.29, 0.717) is 5.92 Å². The van der Waals surface area contributed by atoms with Crippen molar-refractivity contribution in [2.45, 2.75) is 19.3 Å². The van der Waals surface area contributed by atoms with E-state index in [-0.39, 0.29) is 0 Å². The van der Waals surface area contributed by atoms with Gasteiger partial charge in [0, 0.05) is 104 Å². The number of benzene rings is 11. The fourth-order valence-electron chi connectivity index (χ4n) is 12.2. The van der Waals surface area contributed by atoms with E-state index in [1.165, 1.54) is 75.1 Å². The Morgan fingerprint density at radius 1 is 0.382 bits per heavy atom. The smallest absolute Gasteiger partial charge is 0.0619 e. The van der Waals surface area contributed by atoms with Crippen molar-refractivity contribution < 1.29 is 0 Å². The lowest BCUT2D eigenvalue weighted by atomic mass is 9.93. The summed E-state index contributed by atoms with van der Waals surface area (Å²) < 4.78 is 7.56. The lowest BCUT2D eigenvalue weighted by Gasteiger charge is -2.30. The number of hydrogen-bond acceptors (Lipinski definition) is 3. The Morgan fingerprint density at radius 3 is 1.67 bits per heavy atom. The number of hydrogen-bond donors (Lipinski definition) is 0. The maximum atomic E-state index is 2.51. The minimum absolute atomic E-state index is 0.368. The molecular weight excluding hydrogens is 941 g/mol. The Labute approximate surface area is 445 Å². The summed E-state index contributed by atoms with van der Waals surface area (Å²) in [5, 5.41) is 8.72. The zero-order valence-corrected chi connectivity index (χ0v) is 42.7. The molecule has 0 fully saturated rings. The summed E-state index contributed by atoms with van der Waals surface area (Å²) in [6, 6.07) is 94.0. The molecule has 0 saturated carbocycles. The van der Waals surface area contributed by atoms with Crippen LogP contribution >= 0.6 is 11.3 Å². The summed E-state index contributed by atoms with van der Waals surface area (Å²) in [4.78, 5) is 4.90. The number of fused-ring (bicyclic) bond motifs is 11. The quantitative estimate of drug-likeness (QED) is 0.143. The molecule has 1 atom stereocenters. The summed E-state index contributed by atoms with van der Waals surface area (Å²) in [5.74, 6) is 0.368. The zero-order valence-electron chi connectivity index (χ0n) is 41.9. The molecule has 0 bridgehead atoms.